The van der Waals surface area contributed by atoms with Crippen LogP contribution in [0.15, 0.2) is 4.99 Å². The average molecular weight is 383 g/mol. The molecule has 10 heteroatoms. The normalized spacial score (nSPS) is 32.0. The molecule has 0 saturated carbocycles. The number of nitrogens with zero attached hydrogens (tertiary/aromatic N) is 1. The Kier molecular flexibility index (Phi) is 6.06. The molecule has 0 amide bonds. The number of hydrogen-bond donors (Lipinski definition) is 2. The lowest BCUT2D eigenvalue weighted by atomic mass is 9.53. The third-order valence-electron chi connectivity index (χ3n) is 4.93. The molecule has 1 aliphatic rings. The average Bonchev–Trinajstić information content (AvgIpc) is 2.48. The van der Waals surface area contributed by atoms with Gasteiger partial charge in [-0.15, -0.1) is 12.3 Å². The van der Waals surface area contributed by atoms with Gasteiger partial charge in [-0.3, -0.25) is 14.6 Å². The van der Waals surface area contributed by atoms with E-state index in [-0.39, 0.29) is 12.8 Å². The fraction of sp³-hybridized carbons (Fsp3) is 0.688. The molecule has 0 fully saturated rings. The number of alkyl halides is 5. The number of halogens is 5. The zero-order valence-electron chi connectivity index (χ0n) is 14.0. The van der Waals surface area contributed by atoms with Gasteiger partial charge in [0.15, 0.2) is 0 Å². The molecule has 146 valence electrons. The van der Waals surface area contributed by atoms with Gasteiger partial charge in [-0.2, -0.15) is 13.2 Å². The number of aliphatic carboxylic acids is 2. The number of carboxylic acids is 2. The molecule has 2 N–H and O–H groups in total. The van der Waals surface area contributed by atoms with Gasteiger partial charge in [-0.25, -0.2) is 8.78 Å². The SMILES string of the molecule is C#CCC1(C(=O)O)C(C(F)(F)F)=NC(C(F)F)C(C)(C(=O)O)C1CCC. The van der Waals surface area contributed by atoms with Crippen molar-refractivity contribution in [2.24, 2.45) is 21.7 Å². The molecule has 1 aliphatic heterocycles. The molecule has 0 saturated heterocycles. The van der Waals surface area contributed by atoms with E-state index in [1.54, 1.807) is 0 Å². The van der Waals surface area contributed by atoms with Crippen LogP contribution in [0.2, 0.25) is 0 Å². The third kappa shape index (κ3) is 3.15. The molecule has 0 aromatic heterocycles. The van der Waals surface area contributed by atoms with Crippen molar-refractivity contribution in [3.63, 3.8) is 0 Å². The van der Waals surface area contributed by atoms with Crippen LogP contribution < -0.4 is 0 Å². The van der Waals surface area contributed by atoms with Crippen LogP contribution >= 0.6 is 0 Å². The minimum atomic E-state index is -5.37. The predicted octanol–water partition coefficient (Wildman–Crippen LogP) is 3.24. The Morgan fingerprint density at radius 2 is 1.85 bits per heavy atom. The first-order valence-electron chi connectivity index (χ1n) is 7.65. The molecule has 0 aromatic carbocycles. The van der Waals surface area contributed by atoms with Crippen molar-refractivity contribution < 1.29 is 41.8 Å². The van der Waals surface area contributed by atoms with E-state index in [1.165, 1.54) is 6.92 Å². The van der Waals surface area contributed by atoms with Gasteiger partial charge in [0.1, 0.15) is 17.2 Å². The zero-order valence-corrected chi connectivity index (χ0v) is 14.0. The van der Waals surface area contributed by atoms with Gasteiger partial charge in [0.25, 0.3) is 6.43 Å². The van der Waals surface area contributed by atoms with Gasteiger partial charge < -0.3 is 10.2 Å². The van der Waals surface area contributed by atoms with Gasteiger partial charge >= 0.3 is 18.1 Å². The van der Waals surface area contributed by atoms with Crippen LogP contribution in [0.5, 0.6) is 0 Å². The van der Waals surface area contributed by atoms with Crippen molar-refractivity contribution in [1.82, 2.24) is 0 Å². The Morgan fingerprint density at radius 3 is 2.15 bits per heavy atom. The highest BCUT2D eigenvalue weighted by atomic mass is 19.4. The molecule has 1 rings (SSSR count). The number of aliphatic imine (C=N–C) groups is 1. The second kappa shape index (κ2) is 7.21. The Bertz CT molecular complexity index is 654. The van der Waals surface area contributed by atoms with Crippen LogP contribution in [0.25, 0.3) is 0 Å². The molecule has 0 aliphatic carbocycles. The summed E-state index contributed by atoms with van der Waals surface area (Å²) in [4.78, 5) is 26.7. The van der Waals surface area contributed by atoms with Gasteiger partial charge in [0.2, 0.25) is 0 Å². The summed E-state index contributed by atoms with van der Waals surface area (Å²) in [6.07, 6.45) is -5.16. The summed E-state index contributed by atoms with van der Waals surface area (Å²) in [5.74, 6) is -3.90. The number of terminal acetylenes is 1. The molecule has 26 heavy (non-hydrogen) atoms. The molecule has 4 atom stereocenters. The van der Waals surface area contributed by atoms with Crippen LogP contribution in [0, 0.1) is 29.1 Å². The first-order chi connectivity index (χ1) is 11.8. The van der Waals surface area contributed by atoms with Crippen molar-refractivity contribution in [1.29, 1.82) is 0 Å². The summed E-state index contributed by atoms with van der Waals surface area (Å²) >= 11 is 0. The second-order valence-corrected chi connectivity index (χ2v) is 6.34. The lowest BCUT2D eigenvalue weighted by Gasteiger charge is -2.51. The van der Waals surface area contributed by atoms with E-state index in [1.807, 2.05) is 5.92 Å². The molecule has 0 radical (unpaired) electrons. The highest BCUT2D eigenvalue weighted by Crippen LogP contribution is 2.56. The molecule has 0 bridgehead atoms. The summed E-state index contributed by atoms with van der Waals surface area (Å²) in [5, 5.41) is 19.2. The molecule has 0 spiro atoms. The maximum absolute atomic E-state index is 13.6. The van der Waals surface area contributed by atoms with E-state index in [9.17, 15) is 41.8 Å². The summed E-state index contributed by atoms with van der Waals surface area (Å²) in [5.41, 5.74) is -7.44. The Morgan fingerprint density at radius 1 is 1.31 bits per heavy atom. The van der Waals surface area contributed by atoms with Crippen LogP contribution in [-0.4, -0.2) is 46.5 Å². The van der Waals surface area contributed by atoms with E-state index in [0.717, 1.165) is 6.92 Å². The van der Waals surface area contributed by atoms with Crippen LogP contribution in [0.4, 0.5) is 22.0 Å². The molecule has 1 heterocycles. The Hall–Kier alpha value is -2.18. The van der Waals surface area contributed by atoms with Crippen LogP contribution in [0.3, 0.4) is 0 Å². The van der Waals surface area contributed by atoms with Gasteiger partial charge in [-0.1, -0.05) is 13.3 Å². The largest absolute Gasteiger partial charge is 0.481 e. The summed E-state index contributed by atoms with van der Waals surface area (Å²) in [7, 11) is 0. The number of rotatable bonds is 6. The number of carboxylic acid groups (broad SMARTS) is 2. The van der Waals surface area contributed by atoms with E-state index in [2.05, 4.69) is 4.99 Å². The monoisotopic (exact) mass is 383 g/mol. The number of carbonyl (C=O) groups is 2. The zero-order chi connectivity index (χ0) is 20.5. The predicted molar refractivity (Wildman–Crippen MR) is 80.9 cm³/mol. The molecule has 5 nitrogen and oxygen atoms in total. The van der Waals surface area contributed by atoms with E-state index in [4.69, 9.17) is 6.42 Å². The smallest absolute Gasteiger partial charge is 0.430 e. The molecular weight excluding hydrogens is 365 g/mol. The van der Waals surface area contributed by atoms with E-state index >= 15 is 0 Å². The summed E-state index contributed by atoms with van der Waals surface area (Å²) in [6.45, 7) is 2.28. The lowest BCUT2D eigenvalue weighted by molar-refractivity contribution is -0.172. The minimum absolute atomic E-state index is 0.0637. The Labute approximate surface area is 146 Å². The van der Waals surface area contributed by atoms with Crippen molar-refractivity contribution in [3.8, 4) is 12.3 Å². The number of hydrogen-bond acceptors (Lipinski definition) is 3. The first kappa shape index (κ1) is 21.9. The fourth-order valence-corrected chi connectivity index (χ4v) is 3.72. The van der Waals surface area contributed by atoms with E-state index < -0.39 is 59.5 Å². The van der Waals surface area contributed by atoms with Crippen molar-refractivity contribution in [2.75, 3.05) is 0 Å². The topological polar surface area (TPSA) is 87.0 Å². The van der Waals surface area contributed by atoms with E-state index in [0.29, 0.717) is 0 Å². The Balaban J connectivity index is 4.03. The first-order valence-corrected chi connectivity index (χ1v) is 7.65. The quantitative estimate of drug-likeness (QED) is 0.545. The maximum atomic E-state index is 13.6. The fourth-order valence-electron chi connectivity index (χ4n) is 3.72. The lowest BCUT2D eigenvalue weighted by Crippen LogP contribution is -2.65. The van der Waals surface area contributed by atoms with Crippen LogP contribution in [-0.2, 0) is 9.59 Å². The van der Waals surface area contributed by atoms with Crippen molar-refractivity contribution >= 4 is 17.7 Å². The second-order valence-electron chi connectivity index (χ2n) is 6.34. The minimum Gasteiger partial charge on any atom is -0.481 e. The summed E-state index contributed by atoms with van der Waals surface area (Å²) < 4.78 is 67.6. The van der Waals surface area contributed by atoms with Gasteiger partial charge in [0.05, 0.1) is 5.41 Å². The standard InChI is InChI=1S/C16H18F5NO4/c1-4-6-8-14(3,12(23)24)9(10(17)18)22-11(16(19,20)21)15(8,7-5-2)13(25)26/h2,8-10H,4,6-7H2,1,3H3,(H,23,24)(H,25,26). The third-order valence-corrected chi connectivity index (χ3v) is 4.93. The molecular formula is C16H18F5NO4. The maximum Gasteiger partial charge on any atom is 0.430 e. The van der Waals surface area contributed by atoms with Crippen molar-refractivity contribution in [3.05, 3.63) is 0 Å². The van der Waals surface area contributed by atoms with Gasteiger partial charge in [0, 0.05) is 6.42 Å². The molecule has 0 aromatic rings. The summed E-state index contributed by atoms with van der Waals surface area (Å²) in [6, 6.07) is -2.56. The van der Waals surface area contributed by atoms with Crippen LogP contribution in [0.1, 0.15) is 33.1 Å². The van der Waals surface area contributed by atoms with Gasteiger partial charge in [-0.05, 0) is 19.3 Å². The highest BCUT2D eigenvalue weighted by molar-refractivity contribution is 6.11. The van der Waals surface area contributed by atoms with Crippen molar-refractivity contribution in [2.45, 2.75) is 51.8 Å². The highest BCUT2D eigenvalue weighted by Gasteiger charge is 2.70. The molecule has 4 unspecified atom stereocenters.